The summed E-state index contributed by atoms with van der Waals surface area (Å²) >= 11 is 0. The van der Waals surface area contributed by atoms with Gasteiger partial charge < -0.3 is 14.8 Å². The number of ether oxygens (including phenoxy) is 2. The lowest BCUT2D eigenvalue weighted by molar-refractivity contribution is -0.384. The molecular formula is C20H20N4O7S. The number of hydrogen-bond donors (Lipinski definition) is 1. The van der Waals surface area contributed by atoms with Crippen molar-refractivity contribution < 1.29 is 27.6 Å². The number of nitro groups is 1. The Kier molecular flexibility index (Phi) is 5.57. The lowest BCUT2D eigenvalue weighted by atomic mass is 9.89. The highest BCUT2D eigenvalue weighted by Gasteiger charge is 2.43. The molecule has 3 aromatic rings. The second-order valence-electron chi connectivity index (χ2n) is 7.25. The van der Waals surface area contributed by atoms with Crippen LogP contribution < -0.4 is 5.32 Å². The van der Waals surface area contributed by atoms with Gasteiger partial charge in [-0.05, 0) is 18.2 Å². The Balaban J connectivity index is 1.90. The number of fused-ring (bicyclic) bond motifs is 1. The van der Waals surface area contributed by atoms with Crippen LogP contribution >= 0.6 is 0 Å². The molecule has 1 aromatic carbocycles. The summed E-state index contributed by atoms with van der Waals surface area (Å²) in [5.41, 5.74) is -1.66. The van der Waals surface area contributed by atoms with Gasteiger partial charge in [-0.3, -0.25) is 10.1 Å². The first-order valence-corrected chi connectivity index (χ1v) is 11.1. The number of carbonyl (C=O) groups is 1. The van der Waals surface area contributed by atoms with Crippen LogP contribution in [0.3, 0.4) is 0 Å². The predicted molar refractivity (Wildman–Crippen MR) is 114 cm³/mol. The molecule has 0 bridgehead atoms. The Bertz CT molecular complexity index is 1280. The van der Waals surface area contributed by atoms with Crippen molar-refractivity contribution in [1.82, 2.24) is 8.96 Å². The summed E-state index contributed by atoms with van der Waals surface area (Å²) in [6.07, 6.45) is 2.71. The Morgan fingerprint density at radius 1 is 1.25 bits per heavy atom. The number of nitrogens with zero attached hydrogens (tertiary/aromatic N) is 3. The highest BCUT2D eigenvalue weighted by molar-refractivity contribution is 7.90. The topological polar surface area (TPSA) is 143 Å². The van der Waals surface area contributed by atoms with Gasteiger partial charge in [0.05, 0.1) is 22.3 Å². The fourth-order valence-electron chi connectivity index (χ4n) is 3.76. The van der Waals surface area contributed by atoms with Gasteiger partial charge in [0.1, 0.15) is 17.4 Å². The SMILES string of the molecule is COC(=O)C1(Nc2c([N+](=O)[O-])cnc3c2ccn3S(=O)(=O)c2ccccc2)CCOCC1. The molecule has 1 fully saturated rings. The number of nitrogens with one attached hydrogen (secondary N) is 1. The molecule has 168 valence electrons. The Morgan fingerprint density at radius 2 is 1.94 bits per heavy atom. The van der Waals surface area contributed by atoms with Gasteiger partial charge in [0, 0.05) is 32.3 Å². The number of pyridine rings is 1. The van der Waals surface area contributed by atoms with E-state index in [-0.39, 0.29) is 53.4 Å². The van der Waals surface area contributed by atoms with E-state index in [0.29, 0.717) is 0 Å². The zero-order valence-corrected chi connectivity index (χ0v) is 17.9. The third kappa shape index (κ3) is 3.56. The maximum Gasteiger partial charge on any atom is 0.331 e. The first kappa shape index (κ1) is 21.7. The second-order valence-corrected chi connectivity index (χ2v) is 9.07. The van der Waals surface area contributed by atoms with Crippen molar-refractivity contribution in [2.45, 2.75) is 23.3 Å². The number of benzene rings is 1. The van der Waals surface area contributed by atoms with Crippen LogP contribution in [0, 0.1) is 10.1 Å². The molecular weight excluding hydrogens is 440 g/mol. The van der Waals surface area contributed by atoms with Crippen LogP contribution in [0.1, 0.15) is 12.8 Å². The molecule has 0 amide bonds. The molecule has 2 aromatic heterocycles. The highest BCUT2D eigenvalue weighted by Crippen LogP contribution is 2.38. The molecule has 12 heteroatoms. The van der Waals surface area contributed by atoms with Crippen LogP contribution in [0.25, 0.3) is 11.0 Å². The van der Waals surface area contributed by atoms with E-state index in [1.807, 2.05) is 0 Å². The van der Waals surface area contributed by atoms with Gasteiger partial charge in [0.15, 0.2) is 5.65 Å². The smallest absolute Gasteiger partial charge is 0.331 e. The van der Waals surface area contributed by atoms with E-state index < -0.39 is 26.5 Å². The first-order chi connectivity index (χ1) is 15.3. The summed E-state index contributed by atoms with van der Waals surface area (Å²) in [4.78, 5) is 27.8. The molecule has 11 nitrogen and oxygen atoms in total. The van der Waals surface area contributed by atoms with Crippen LogP contribution in [-0.4, -0.2) is 54.1 Å². The lowest BCUT2D eigenvalue weighted by Gasteiger charge is -2.35. The molecule has 0 unspecified atom stereocenters. The minimum Gasteiger partial charge on any atom is -0.467 e. The lowest BCUT2D eigenvalue weighted by Crippen LogP contribution is -2.51. The number of methoxy groups -OCH3 is 1. The van der Waals surface area contributed by atoms with E-state index in [1.54, 1.807) is 18.2 Å². The largest absolute Gasteiger partial charge is 0.467 e. The van der Waals surface area contributed by atoms with Crippen LogP contribution in [0.15, 0.2) is 53.7 Å². The Morgan fingerprint density at radius 3 is 2.56 bits per heavy atom. The third-order valence-corrected chi connectivity index (χ3v) is 7.12. The Hall–Kier alpha value is -3.51. The normalized spacial score (nSPS) is 15.9. The molecule has 1 saturated heterocycles. The quantitative estimate of drug-likeness (QED) is 0.333. The standard InChI is InChI=1S/C20H20N4O7S/c1-30-19(25)20(8-11-31-12-9-20)22-17-15-7-10-23(18(15)21-13-16(17)24(26)27)32(28,29)14-5-3-2-4-6-14/h2-7,10,13H,8-9,11-12H2,1H3,(H,21,22). The van der Waals surface area contributed by atoms with Crippen LogP contribution in [0.2, 0.25) is 0 Å². The van der Waals surface area contributed by atoms with E-state index in [2.05, 4.69) is 10.3 Å². The summed E-state index contributed by atoms with van der Waals surface area (Å²) < 4.78 is 37.5. The maximum atomic E-state index is 13.1. The maximum absolute atomic E-state index is 13.1. The molecule has 1 aliphatic rings. The van der Waals surface area contributed by atoms with Gasteiger partial charge in [-0.1, -0.05) is 18.2 Å². The zero-order valence-electron chi connectivity index (χ0n) is 17.1. The molecule has 0 saturated carbocycles. The number of carbonyl (C=O) groups excluding carboxylic acids is 1. The molecule has 0 radical (unpaired) electrons. The molecule has 1 N–H and O–H groups in total. The fourth-order valence-corrected chi connectivity index (χ4v) is 5.08. The number of hydrogen-bond acceptors (Lipinski definition) is 9. The van der Waals surface area contributed by atoms with E-state index in [4.69, 9.17) is 9.47 Å². The molecule has 1 aliphatic heterocycles. The molecule has 4 rings (SSSR count). The molecule has 0 atom stereocenters. The third-order valence-electron chi connectivity index (χ3n) is 5.44. The second kappa shape index (κ2) is 8.20. The zero-order chi connectivity index (χ0) is 22.9. The average molecular weight is 460 g/mol. The molecule has 0 aliphatic carbocycles. The van der Waals surface area contributed by atoms with Crippen molar-refractivity contribution >= 4 is 38.4 Å². The van der Waals surface area contributed by atoms with Crippen molar-refractivity contribution in [2.24, 2.45) is 0 Å². The van der Waals surface area contributed by atoms with Crippen molar-refractivity contribution in [2.75, 3.05) is 25.6 Å². The number of esters is 1. The predicted octanol–water partition coefficient (Wildman–Crippen LogP) is 2.32. The van der Waals surface area contributed by atoms with Crippen molar-refractivity contribution in [3.63, 3.8) is 0 Å². The van der Waals surface area contributed by atoms with Crippen molar-refractivity contribution in [1.29, 1.82) is 0 Å². The van der Waals surface area contributed by atoms with Crippen molar-refractivity contribution in [3.8, 4) is 0 Å². The summed E-state index contributed by atoms with van der Waals surface area (Å²) in [5.74, 6) is -0.587. The highest BCUT2D eigenvalue weighted by atomic mass is 32.2. The van der Waals surface area contributed by atoms with Gasteiger partial charge in [-0.2, -0.15) is 0 Å². The monoisotopic (exact) mass is 460 g/mol. The minimum absolute atomic E-state index is 0.00527. The number of rotatable bonds is 6. The van der Waals surface area contributed by atoms with Crippen LogP contribution in [0.5, 0.6) is 0 Å². The van der Waals surface area contributed by atoms with Crippen molar-refractivity contribution in [3.05, 3.63) is 58.9 Å². The average Bonchev–Trinajstić information content (AvgIpc) is 3.25. The van der Waals surface area contributed by atoms with Gasteiger partial charge in [0.2, 0.25) is 0 Å². The van der Waals surface area contributed by atoms with E-state index in [0.717, 1.165) is 10.2 Å². The van der Waals surface area contributed by atoms with Crippen LogP contribution in [0.4, 0.5) is 11.4 Å². The summed E-state index contributed by atoms with van der Waals surface area (Å²) in [7, 11) is -2.76. The summed E-state index contributed by atoms with van der Waals surface area (Å²) in [6, 6.07) is 9.18. The fraction of sp³-hybridized carbons (Fsp3) is 0.300. The summed E-state index contributed by atoms with van der Waals surface area (Å²) in [5, 5.41) is 14.9. The van der Waals surface area contributed by atoms with E-state index in [9.17, 15) is 23.3 Å². The van der Waals surface area contributed by atoms with Crippen LogP contribution in [-0.2, 0) is 24.3 Å². The molecule has 3 heterocycles. The van der Waals surface area contributed by atoms with Gasteiger partial charge >= 0.3 is 11.7 Å². The number of anilines is 1. The Labute approximate surface area is 183 Å². The minimum atomic E-state index is -4.00. The molecule has 32 heavy (non-hydrogen) atoms. The molecule has 0 spiro atoms. The number of aromatic nitrogens is 2. The van der Waals surface area contributed by atoms with E-state index in [1.165, 1.54) is 31.5 Å². The summed E-state index contributed by atoms with van der Waals surface area (Å²) in [6.45, 7) is 0.515. The van der Waals surface area contributed by atoms with Gasteiger partial charge in [0.25, 0.3) is 10.0 Å². The van der Waals surface area contributed by atoms with E-state index >= 15 is 0 Å². The van der Waals surface area contributed by atoms with Gasteiger partial charge in [-0.15, -0.1) is 0 Å². The first-order valence-electron chi connectivity index (χ1n) is 9.69. The van der Waals surface area contributed by atoms with Gasteiger partial charge in [-0.25, -0.2) is 22.2 Å².